The van der Waals surface area contributed by atoms with Crippen LogP contribution in [0.15, 0.2) is 24.5 Å². The maximum atomic E-state index is 5.16. The van der Waals surface area contributed by atoms with Gasteiger partial charge in [-0.1, -0.05) is 39.7 Å². The third kappa shape index (κ3) is 2.39. The molecule has 4 aliphatic rings. The van der Waals surface area contributed by atoms with Gasteiger partial charge in [-0.25, -0.2) is 0 Å². The lowest BCUT2D eigenvalue weighted by Crippen LogP contribution is -2.66. The van der Waals surface area contributed by atoms with Crippen LogP contribution < -0.4 is 4.57 Å². The predicted octanol–water partition coefficient (Wildman–Crippen LogP) is 7.83. The largest absolute Gasteiger partial charge is 0.260 e. The van der Waals surface area contributed by atoms with Crippen molar-refractivity contribution in [2.45, 2.75) is 115 Å². The van der Waals surface area contributed by atoms with Crippen LogP contribution in [0.1, 0.15) is 120 Å². The minimum absolute atomic E-state index is 0.0557. The summed E-state index contributed by atoms with van der Waals surface area (Å²) in [6.07, 6.45) is 16.5. The lowest BCUT2D eigenvalue weighted by atomic mass is 9.61. The van der Waals surface area contributed by atoms with Crippen LogP contribution in [-0.4, -0.2) is 4.98 Å². The summed E-state index contributed by atoms with van der Waals surface area (Å²) in [4.78, 5) is 5.16. The molecule has 6 atom stereocenters. The number of benzene rings is 1. The SMILES string of the molecule is CCCCCc1ncc2c3c1ccc1c4c(c[n+](c13)C(C)(CC)C2(C)CC)C1CCC2C(C1)C42. The van der Waals surface area contributed by atoms with Gasteiger partial charge in [0.15, 0.2) is 11.7 Å². The molecule has 0 radical (unpaired) electrons. The molecule has 0 N–H and O–H groups in total. The molecular weight excluding hydrogens is 412 g/mol. The highest BCUT2D eigenvalue weighted by atomic mass is 15.1. The number of unbranched alkanes of at least 4 members (excludes halogenated alkanes) is 2. The van der Waals surface area contributed by atoms with Gasteiger partial charge < -0.3 is 0 Å². The smallest absolute Gasteiger partial charge is 0.221 e. The van der Waals surface area contributed by atoms with Crippen molar-refractivity contribution in [3.8, 4) is 0 Å². The molecule has 1 aliphatic heterocycles. The van der Waals surface area contributed by atoms with Gasteiger partial charge in [0, 0.05) is 36.2 Å². The number of nitrogens with zero attached hydrogens (tertiary/aromatic N) is 2. The molecule has 0 spiro atoms. The minimum atomic E-state index is 0.0557. The quantitative estimate of drug-likeness (QED) is 0.211. The monoisotopic (exact) mass is 453 g/mol. The first-order valence-electron chi connectivity index (χ1n) is 14.3. The van der Waals surface area contributed by atoms with E-state index in [2.05, 4.69) is 63.7 Å². The molecule has 178 valence electrons. The van der Waals surface area contributed by atoms with Crippen LogP contribution in [0.25, 0.3) is 21.7 Å². The molecule has 6 unspecified atom stereocenters. The molecular formula is C32H41N2+. The van der Waals surface area contributed by atoms with Gasteiger partial charge in [-0.05, 0) is 86.3 Å². The van der Waals surface area contributed by atoms with E-state index in [1.54, 1.807) is 16.5 Å². The second kappa shape index (κ2) is 7.05. The normalized spacial score (nSPS) is 34.6. The van der Waals surface area contributed by atoms with Gasteiger partial charge in [-0.15, -0.1) is 0 Å². The van der Waals surface area contributed by atoms with Crippen LogP contribution in [-0.2, 0) is 17.4 Å². The Morgan fingerprint density at radius 2 is 1.82 bits per heavy atom. The molecule has 3 aliphatic carbocycles. The maximum Gasteiger partial charge on any atom is 0.221 e. The van der Waals surface area contributed by atoms with Crippen LogP contribution in [0.2, 0.25) is 0 Å². The van der Waals surface area contributed by atoms with Gasteiger partial charge in [0.25, 0.3) is 0 Å². The van der Waals surface area contributed by atoms with Crippen molar-refractivity contribution in [2.75, 3.05) is 0 Å². The molecule has 1 aromatic carbocycles. The van der Waals surface area contributed by atoms with E-state index < -0.39 is 0 Å². The minimum Gasteiger partial charge on any atom is -0.260 e. The Balaban J connectivity index is 1.60. The average molecular weight is 454 g/mol. The lowest BCUT2D eigenvalue weighted by Gasteiger charge is -2.45. The van der Waals surface area contributed by atoms with E-state index >= 15 is 0 Å². The fraction of sp³-hybridized carbons (Fsp3) is 0.625. The Hall–Kier alpha value is -1.96. The summed E-state index contributed by atoms with van der Waals surface area (Å²) in [5, 5.41) is 4.55. The molecule has 2 fully saturated rings. The van der Waals surface area contributed by atoms with E-state index in [-0.39, 0.29) is 11.0 Å². The van der Waals surface area contributed by atoms with E-state index in [1.807, 2.05) is 0 Å². The van der Waals surface area contributed by atoms with Crippen LogP contribution in [0, 0.1) is 11.8 Å². The summed E-state index contributed by atoms with van der Waals surface area (Å²) in [5.41, 5.74) is 7.96. The van der Waals surface area contributed by atoms with E-state index in [9.17, 15) is 0 Å². The second-order valence-electron chi connectivity index (χ2n) is 12.5. The molecule has 34 heavy (non-hydrogen) atoms. The summed E-state index contributed by atoms with van der Waals surface area (Å²) in [6.45, 7) is 12.2. The fourth-order valence-electron chi connectivity index (χ4n) is 8.92. The summed E-state index contributed by atoms with van der Waals surface area (Å²) in [7, 11) is 0. The molecule has 0 saturated heterocycles. The van der Waals surface area contributed by atoms with Gasteiger partial charge in [-0.3, -0.25) is 4.98 Å². The Bertz CT molecular complexity index is 1330. The van der Waals surface area contributed by atoms with Crippen LogP contribution in [0.4, 0.5) is 0 Å². The molecule has 0 amide bonds. The second-order valence-corrected chi connectivity index (χ2v) is 12.5. The first kappa shape index (κ1) is 21.3. The third-order valence-electron chi connectivity index (χ3n) is 11.5. The van der Waals surface area contributed by atoms with E-state index in [0.29, 0.717) is 0 Å². The van der Waals surface area contributed by atoms with Crippen molar-refractivity contribution in [1.82, 2.24) is 4.98 Å². The van der Waals surface area contributed by atoms with Crippen molar-refractivity contribution in [2.24, 2.45) is 11.8 Å². The number of hydrogen-bond acceptors (Lipinski definition) is 1. The molecule has 2 nitrogen and oxygen atoms in total. The first-order valence-corrected chi connectivity index (χ1v) is 14.3. The Morgan fingerprint density at radius 3 is 2.59 bits per heavy atom. The fourth-order valence-corrected chi connectivity index (χ4v) is 8.92. The zero-order valence-electron chi connectivity index (χ0n) is 21.9. The summed E-state index contributed by atoms with van der Waals surface area (Å²) >= 11 is 0. The van der Waals surface area contributed by atoms with Gasteiger partial charge in [0.1, 0.15) is 0 Å². The van der Waals surface area contributed by atoms with Crippen LogP contribution >= 0.6 is 0 Å². The number of rotatable bonds is 6. The molecule has 2 bridgehead atoms. The molecule has 2 heteroatoms. The van der Waals surface area contributed by atoms with Gasteiger partial charge >= 0.3 is 0 Å². The van der Waals surface area contributed by atoms with Crippen molar-refractivity contribution >= 4 is 21.7 Å². The van der Waals surface area contributed by atoms with Crippen LogP contribution in [0.3, 0.4) is 0 Å². The summed E-state index contributed by atoms with van der Waals surface area (Å²) in [5.74, 6) is 3.57. The molecule has 2 saturated carbocycles. The van der Waals surface area contributed by atoms with E-state index in [4.69, 9.17) is 4.98 Å². The number of hydrogen-bond donors (Lipinski definition) is 0. The van der Waals surface area contributed by atoms with Crippen molar-refractivity contribution < 1.29 is 4.57 Å². The Kier molecular flexibility index (Phi) is 4.42. The van der Waals surface area contributed by atoms with Gasteiger partial charge in [-0.2, -0.15) is 4.57 Å². The Labute approximate surface area is 205 Å². The maximum absolute atomic E-state index is 5.16. The first-order chi connectivity index (χ1) is 16.5. The summed E-state index contributed by atoms with van der Waals surface area (Å²) < 4.78 is 2.80. The van der Waals surface area contributed by atoms with Crippen molar-refractivity contribution in [1.29, 1.82) is 0 Å². The van der Waals surface area contributed by atoms with E-state index in [1.165, 1.54) is 66.1 Å². The highest BCUT2D eigenvalue weighted by molar-refractivity contribution is 6.08. The lowest BCUT2D eigenvalue weighted by molar-refractivity contribution is -0.751. The standard InChI is InChI=1S/C32H41N2/c1-6-9-10-11-26-21-14-15-22-28-24(19-12-13-20-23(16-19)27(20)28)18-34-30(22)29(21)25(17-33-26)31(4,7-2)32(34,5)8-3/h14-15,17-20,23,27H,6-13,16H2,1-5H3/q+1. The van der Waals surface area contributed by atoms with Gasteiger partial charge in [0.2, 0.25) is 5.52 Å². The van der Waals surface area contributed by atoms with Crippen molar-refractivity contribution in [3.05, 3.63) is 46.9 Å². The summed E-state index contributed by atoms with van der Waals surface area (Å²) in [6, 6.07) is 4.99. The predicted molar refractivity (Wildman–Crippen MR) is 141 cm³/mol. The zero-order chi connectivity index (χ0) is 23.4. The molecule has 2 aromatic heterocycles. The van der Waals surface area contributed by atoms with Crippen LogP contribution in [0.5, 0.6) is 0 Å². The highest BCUT2D eigenvalue weighted by Gasteiger charge is 2.61. The molecule has 7 rings (SSSR count). The number of pyridine rings is 2. The Morgan fingerprint density at radius 1 is 1.00 bits per heavy atom. The zero-order valence-corrected chi connectivity index (χ0v) is 21.9. The number of fused-ring (bicyclic) bond motifs is 6. The van der Waals surface area contributed by atoms with Crippen molar-refractivity contribution in [3.63, 3.8) is 0 Å². The topological polar surface area (TPSA) is 16.8 Å². The number of aryl methyl sites for hydroxylation is 1. The number of aromatic nitrogens is 2. The average Bonchev–Trinajstić information content (AvgIpc) is 3.62. The molecule has 3 heterocycles. The van der Waals surface area contributed by atoms with Gasteiger partial charge in [0.05, 0.1) is 16.2 Å². The van der Waals surface area contributed by atoms with E-state index in [0.717, 1.165) is 42.9 Å². The third-order valence-corrected chi connectivity index (χ3v) is 11.5. The molecule has 3 aromatic rings. The highest BCUT2D eigenvalue weighted by Crippen LogP contribution is 2.69.